The van der Waals surface area contributed by atoms with Crippen LogP contribution in [-0.4, -0.2) is 51.5 Å². The number of carboxylic acid groups (broad SMARTS) is 1. The SMILES string of the molecule is CCN1C(=O)[C@@H](CC(=O)Nc2ccc(C(=O)O)cc2)SC1=Nc1ccc2c(c1)OCO2. The number of amidine groups is 1. The Labute approximate surface area is 182 Å². The van der Waals surface area contributed by atoms with Crippen LogP contribution in [0.1, 0.15) is 23.7 Å². The molecule has 2 N–H and O–H groups in total. The summed E-state index contributed by atoms with van der Waals surface area (Å²) in [6.07, 6.45) is -0.0269. The number of hydrogen-bond acceptors (Lipinski definition) is 7. The summed E-state index contributed by atoms with van der Waals surface area (Å²) < 4.78 is 10.7. The molecule has 2 aromatic rings. The average molecular weight is 441 g/mol. The Bertz CT molecular complexity index is 1070. The molecule has 0 aromatic heterocycles. The van der Waals surface area contributed by atoms with Gasteiger partial charge in [0.25, 0.3) is 0 Å². The van der Waals surface area contributed by atoms with E-state index >= 15 is 0 Å². The molecule has 0 aliphatic carbocycles. The lowest BCUT2D eigenvalue weighted by Gasteiger charge is -2.13. The molecule has 2 aliphatic heterocycles. The number of hydrogen-bond donors (Lipinski definition) is 2. The molecule has 10 heteroatoms. The second kappa shape index (κ2) is 8.68. The van der Waals surface area contributed by atoms with Crippen LogP contribution in [0.15, 0.2) is 47.5 Å². The number of ether oxygens (including phenoxy) is 2. The number of benzene rings is 2. The Morgan fingerprint density at radius 3 is 2.65 bits per heavy atom. The Morgan fingerprint density at radius 2 is 1.94 bits per heavy atom. The second-order valence-electron chi connectivity index (χ2n) is 6.76. The number of aliphatic imine (C=N–C) groups is 1. The molecule has 160 valence electrons. The van der Waals surface area contributed by atoms with Crippen LogP contribution >= 0.6 is 11.8 Å². The Morgan fingerprint density at radius 1 is 1.19 bits per heavy atom. The van der Waals surface area contributed by atoms with Crippen molar-refractivity contribution in [2.45, 2.75) is 18.6 Å². The Balaban J connectivity index is 1.44. The third kappa shape index (κ3) is 4.48. The lowest BCUT2D eigenvalue weighted by molar-refractivity contribution is -0.128. The van der Waals surface area contributed by atoms with Crippen molar-refractivity contribution in [3.05, 3.63) is 48.0 Å². The molecule has 1 fully saturated rings. The van der Waals surface area contributed by atoms with Crippen molar-refractivity contribution >= 4 is 46.1 Å². The van der Waals surface area contributed by atoms with Gasteiger partial charge >= 0.3 is 5.97 Å². The Kier molecular flexibility index (Phi) is 5.81. The number of carbonyl (C=O) groups excluding carboxylic acids is 2. The van der Waals surface area contributed by atoms with Crippen molar-refractivity contribution in [1.29, 1.82) is 0 Å². The predicted octanol–water partition coefficient (Wildman–Crippen LogP) is 3.09. The number of thioether (sulfide) groups is 1. The van der Waals surface area contributed by atoms with Gasteiger partial charge in [0.15, 0.2) is 16.7 Å². The van der Waals surface area contributed by atoms with Crippen LogP contribution in [0.3, 0.4) is 0 Å². The first-order chi connectivity index (χ1) is 14.9. The number of rotatable bonds is 6. The molecule has 0 spiro atoms. The number of carbonyl (C=O) groups is 3. The van der Waals surface area contributed by atoms with Crippen molar-refractivity contribution in [3.63, 3.8) is 0 Å². The van der Waals surface area contributed by atoms with Gasteiger partial charge < -0.3 is 19.9 Å². The van der Waals surface area contributed by atoms with E-state index in [-0.39, 0.29) is 30.6 Å². The maximum Gasteiger partial charge on any atom is 0.335 e. The number of fused-ring (bicyclic) bond motifs is 1. The van der Waals surface area contributed by atoms with E-state index in [1.54, 1.807) is 23.1 Å². The van der Waals surface area contributed by atoms with Gasteiger partial charge in [-0.05, 0) is 43.3 Å². The van der Waals surface area contributed by atoms with Gasteiger partial charge in [0, 0.05) is 24.7 Å². The summed E-state index contributed by atoms with van der Waals surface area (Å²) in [4.78, 5) is 42.2. The number of aromatic carboxylic acids is 1. The number of carboxylic acids is 1. The summed E-state index contributed by atoms with van der Waals surface area (Å²) in [7, 11) is 0. The summed E-state index contributed by atoms with van der Waals surface area (Å²) in [5.74, 6) is -0.307. The zero-order valence-electron chi connectivity index (χ0n) is 16.5. The lowest BCUT2D eigenvalue weighted by Crippen LogP contribution is -2.33. The first-order valence-corrected chi connectivity index (χ1v) is 10.4. The number of anilines is 1. The van der Waals surface area contributed by atoms with Crippen LogP contribution in [0.5, 0.6) is 11.5 Å². The summed E-state index contributed by atoms with van der Waals surface area (Å²) in [5.41, 5.74) is 1.22. The molecular formula is C21H19N3O6S. The van der Waals surface area contributed by atoms with Crippen molar-refractivity contribution in [3.8, 4) is 11.5 Å². The monoisotopic (exact) mass is 441 g/mol. The summed E-state index contributed by atoms with van der Waals surface area (Å²) in [6.45, 7) is 2.45. The van der Waals surface area contributed by atoms with Gasteiger partial charge in [-0.25, -0.2) is 9.79 Å². The number of amides is 2. The van der Waals surface area contributed by atoms with E-state index in [0.717, 1.165) is 0 Å². The molecular weight excluding hydrogens is 422 g/mol. The lowest BCUT2D eigenvalue weighted by atomic mass is 10.2. The highest BCUT2D eigenvalue weighted by atomic mass is 32.2. The minimum absolute atomic E-state index is 0.0269. The maximum atomic E-state index is 12.8. The van der Waals surface area contributed by atoms with E-state index in [0.29, 0.717) is 34.6 Å². The molecule has 2 aliphatic rings. The molecule has 0 bridgehead atoms. The van der Waals surface area contributed by atoms with E-state index in [1.165, 1.54) is 36.0 Å². The largest absolute Gasteiger partial charge is 0.478 e. The minimum Gasteiger partial charge on any atom is -0.478 e. The fraction of sp³-hybridized carbons (Fsp3) is 0.238. The summed E-state index contributed by atoms with van der Waals surface area (Å²) >= 11 is 1.24. The smallest absolute Gasteiger partial charge is 0.335 e. The normalized spacial score (nSPS) is 18.5. The fourth-order valence-electron chi connectivity index (χ4n) is 3.16. The van der Waals surface area contributed by atoms with Gasteiger partial charge in [0.1, 0.15) is 5.25 Å². The quantitative estimate of drug-likeness (QED) is 0.707. The topological polar surface area (TPSA) is 118 Å². The molecule has 9 nitrogen and oxygen atoms in total. The highest BCUT2D eigenvalue weighted by molar-refractivity contribution is 8.15. The molecule has 1 saturated heterocycles. The average Bonchev–Trinajstić information content (AvgIpc) is 3.32. The zero-order valence-corrected chi connectivity index (χ0v) is 17.3. The molecule has 2 amide bonds. The molecule has 2 aromatic carbocycles. The van der Waals surface area contributed by atoms with Crippen LogP contribution < -0.4 is 14.8 Å². The Hall–Kier alpha value is -3.53. The van der Waals surface area contributed by atoms with Gasteiger partial charge in [0.05, 0.1) is 11.3 Å². The minimum atomic E-state index is -1.04. The summed E-state index contributed by atoms with van der Waals surface area (Å²) in [6, 6.07) is 11.1. The number of nitrogens with zero attached hydrogens (tertiary/aromatic N) is 2. The van der Waals surface area contributed by atoms with Crippen LogP contribution in [0.25, 0.3) is 0 Å². The van der Waals surface area contributed by atoms with Crippen molar-refractivity contribution in [2.24, 2.45) is 4.99 Å². The van der Waals surface area contributed by atoms with Gasteiger partial charge in [-0.15, -0.1) is 0 Å². The number of nitrogens with one attached hydrogen (secondary N) is 1. The molecule has 2 heterocycles. The fourth-order valence-corrected chi connectivity index (χ4v) is 4.38. The van der Waals surface area contributed by atoms with E-state index in [1.807, 2.05) is 6.92 Å². The van der Waals surface area contributed by atoms with E-state index in [2.05, 4.69) is 10.3 Å². The zero-order chi connectivity index (χ0) is 22.0. The van der Waals surface area contributed by atoms with Crippen LogP contribution in [0.4, 0.5) is 11.4 Å². The maximum absolute atomic E-state index is 12.8. The van der Waals surface area contributed by atoms with Crippen LogP contribution in [0.2, 0.25) is 0 Å². The third-order valence-electron chi connectivity index (χ3n) is 4.70. The van der Waals surface area contributed by atoms with Gasteiger partial charge in [-0.3, -0.25) is 14.5 Å². The van der Waals surface area contributed by atoms with Gasteiger partial charge in [-0.2, -0.15) is 0 Å². The molecule has 31 heavy (non-hydrogen) atoms. The van der Waals surface area contributed by atoms with Crippen LogP contribution in [0, 0.1) is 0 Å². The van der Waals surface area contributed by atoms with E-state index in [9.17, 15) is 14.4 Å². The third-order valence-corrected chi connectivity index (χ3v) is 5.88. The van der Waals surface area contributed by atoms with E-state index in [4.69, 9.17) is 14.6 Å². The van der Waals surface area contributed by atoms with Crippen molar-refractivity contribution < 1.29 is 29.0 Å². The first kappa shape index (κ1) is 20.7. The molecule has 0 saturated carbocycles. The van der Waals surface area contributed by atoms with Gasteiger partial charge in [-0.1, -0.05) is 11.8 Å². The summed E-state index contributed by atoms with van der Waals surface area (Å²) in [5, 5.41) is 11.6. The van der Waals surface area contributed by atoms with E-state index < -0.39 is 11.2 Å². The molecule has 0 unspecified atom stereocenters. The van der Waals surface area contributed by atoms with Crippen molar-refractivity contribution in [2.75, 3.05) is 18.7 Å². The highest BCUT2D eigenvalue weighted by Gasteiger charge is 2.38. The predicted molar refractivity (Wildman–Crippen MR) is 115 cm³/mol. The van der Waals surface area contributed by atoms with Crippen LogP contribution in [-0.2, 0) is 9.59 Å². The molecule has 0 radical (unpaired) electrons. The standard InChI is InChI=1S/C21H19N3O6S/c1-2-24-19(26)17(10-18(25)22-13-5-3-12(4-6-13)20(27)28)31-21(24)23-14-7-8-15-16(9-14)30-11-29-15/h3-9,17H,2,10-11H2,1H3,(H,22,25)(H,27,28)/t17-/m1/s1. The van der Waals surface area contributed by atoms with Gasteiger partial charge in [0.2, 0.25) is 18.6 Å². The van der Waals surface area contributed by atoms with Crippen molar-refractivity contribution in [1.82, 2.24) is 4.90 Å². The highest BCUT2D eigenvalue weighted by Crippen LogP contribution is 2.37. The first-order valence-electron chi connectivity index (χ1n) is 9.54. The second-order valence-corrected chi connectivity index (χ2v) is 7.93. The molecule has 1 atom stereocenters. The molecule has 4 rings (SSSR count).